The van der Waals surface area contributed by atoms with E-state index in [0.29, 0.717) is 12.3 Å². The minimum Gasteiger partial charge on any atom is -0.497 e. The number of nitrogens with zero attached hydrogens (tertiary/aromatic N) is 3. The second-order valence-corrected chi connectivity index (χ2v) is 7.03. The van der Waals surface area contributed by atoms with E-state index < -0.39 is 5.41 Å². The molecule has 1 aromatic carbocycles. The molecule has 1 aliphatic carbocycles. The summed E-state index contributed by atoms with van der Waals surface area (Å²) in [5.41, 5.74) is 0.265. The van der Waals surface area contributed by atoms with Gasteiger partial charge in [0.05, 0.1) is 12.5 Å². The van der Waals surface area contributed by atoms with Crippen LogP contribution in [-0.4, -0.2) is 34.0 Å². The van der Waals surface area contributed by atoms with Gasteiger partial charge < -0.3 is 9.15 Å². The molecule has 1 saturated heterocycles. The van der Waals surface area contributed by atoms with Gasteiger partial charge in [-0.25, -0.2) is 0 Å². The molecule has 1 aromatic heterocycles. The van der Waals surface area contributed by atoms with Gasteiger partial charge in [0, 0.05) is 12.0 Å². The van der Waals surface area contributed by atoms with Crippen LogP contribution >= 0.6 is 0 Å². The van der Waals surface area contributed by atoms with Crippen LogP contribution in [0.2, 0.25) is 0 Å². The molecule has 0 atom stereocenters. The SMILES string of the molecule is COc1ccc(-c2nnc(CN3C(=O)CC4(CCCCC4)C3=O)o2)cc1. The number of methoxy groups -OCH3 is 1. The molecule has 2 heterocycles. The Morgan fingerprint density at radius 1 is 1.12 bits per heavy atom. The Morgan fingerprint density at radius 2 is 1.85 bits per heavy atom. The first-order valence-electron chi connectivity index (χ1n) is 8.93. The fourth-order valence-electron chi connectivity index (χ4n) is 3.94. The zero-order valence-electron chi connectivity index (χ0n) is 14.7. The summed E-state index contributed by atoms with van der Waals surface area (Å²) in [5, 5.41) is 8.04. The average Bonchev–Trinajstić information content (AvgIpc) is 3.22. The van der Waals surface area contributed by atoms with Crippen LogP contribution in [0.1, 0.15) is 44.4 Å². The quantitative estimate of drug-likeness (QED) is 0.784. The number of rotatable bonds is 4. The van der Waals surface area contributed by atoms with E-state index in [1.807, 2.05) is 12.1 Å². The van der Waals surface area contributed by atoms with Crippen LogP contribution in [0, 0.1) is 5.41 Å². The second kappa shape index (κ2) is 6.55. The first-order valence-corrected chi connectivity index (χ1v) is 8.93. The number of imide groups is 1. The van der Waals surface area contributed by atoms with Crippen LogP contribution in [0.15, 0.2) is 28.7 Å². The van der Waals surface area contributed by atoms with Crippen molar-refractivity contribution in [3.63, 3.8) is 0 Å². The summed E-state index contributed by atoms with van der Waals surface area (Å²) in [5.74, 6) is 1.14. The molecular weight excluding hydrogens is 334 g/mol. The van der Waals surface area contributed by atoms with Crippen molar-refractivity contribution in [2.24, 2.45) is 5.41 Å². The Hall–Kier alpha value is -2.70. The second-order valence-electron chi connectivity index (χ2n) is 7.03. The number of ether oxygens (including phenoxy) is 1. The Labute approximate surface area is 151 Å². The van der Waals surface area contributed by atoms with Crippen LogP contribution in [0.25, 0.3) is 11.5 Å². The van der Waals surface area contributed by atoms with Crippen molar-refractivity contribution >= 4 is 11.8 Å². The summed E-state index contributed by atoms with van der Waals surface area (Å²) < 4.78 is 10.8. The van der Waals surface area contributed by atoms with E-state index in [-0.39, 0.29) is 24.2 Å². The Kier molecular flexibility index (Phi) is 4.22. The van der Waals surface area contributed by atoms with Crippen molar-refractivity contribution in [1.82, 2.24) is 15.1 Å². The maximum absolute atomic E-state index is 12.8. The van der Waals surface area contributed by atoms with Crippen LogP contribution in [-0.2, 0) is 16.1 Å². The van der Waals surface area contributed by atoms with Crippen molar-refractivity contribution < 1.29 is 18.7 Å². The van der Waals surface area contributed by atoms with Crippen LogP contribution < -0.4 is 4.74 Å². The van der Waals surface area contributed by atoms with Gasteiger partial charge in [0.1, 0.15) is 12.3 Å². The Balaban J connectivity index is 1.50. The number of amides is 2. The molecule has 2 aliphatic rings. The Bertz CT molecular complexity index is 822. The Morgan fingerprint density at radius 3 is 2.54 bits per heavy atom. The minimum atomic E-state index is -0.492. The largest absolute Gasteiger partial charge is 0.497 e. The summed E-state index contributed by atoms with van der Waals surface area (Å²) in [7, 11) is 1.60. The highest BCUT2D eigenvalue weighted by Gasteiger charge is 2.51. The molecule has 7 nitrogen and oxygen atoms in total. The molecule has 2 amide bonds. The molecule has 136 valence electrons. The van der Waals surface area contributed by atoms with Crippen molar-refractivity contribution in [1.29, 1.82) is 0 Å². The van der Waals surface area contributed by atoms with E-state index in [2.05, 4.69) is 10.2 Å². The average molecular weight is 355 g/mol. The van der Waals surface area contributed by atoms with Gasteiger partial charge in [0.25, 0.3) is 0 Å². The van der Waals surface area contributed by atoms with Gasteiger partial charge in [-0.15, -0.1) is 10.2 Å². The molecule has 1 spiro atoms. The number of benzene rings is 1. The highest BCUT2D eigenvalue weighted by atomic mass is 16.5. The third-order valence-electron chi connectivity index (χ3n) is 5.40. The van der Waals surface area contributed by atoms with Gasteiger partial charge in [0.15, 0.2) is 0 Å². The smallest absolute Gasteiger partial charge is 0.247 e. The summed E-state index contributed by atoms with van der Waals surface area (Å²) in [6.45, 7) is 0.0442. The number of carbonyl (C=O) groups is 2. The van der Waals surface area contributed by atoms with E-state index >= 15 is 0 Å². The first-order chi connectivity index (χ1) is 12.6. The van der Waals surface area contributed by atoms with E-state index in [0.717, 1.165) is 43.4 Å². The van der Waals surface area contributed by atoms with Crippen LogP contribution in [0.5, 0.6) is 5.75 Å². The summed E-state index contributed by atoms with van der Waals surface area (Å²) in [4.78, 5) is 26.5. The molecular formula is C19H21N3O4. The van der Waals surface area contributed by atoms with Crippen molar-refractivity contribution in [3.05, 3.63) is 30.2 Å². The molecule has 2 aromatic rings. The predicted molar refractivity (Wildman–Crippen MR) is 92.0 cm³/mol. The lowest BCUT2D eigenvalue weighted by Crippen LogP contribution is -2.36. The predicted octanol–water partition coefficient (Wildman–Crippen LogP) is 2.95. The number of aromatic nitrogens is 2. The highest BCUT2D eigenvalue weighted by molar-refractivity contribution is 6.05. The molecule has 1 saturated carbocycles. The van der Waals surface area contributed by atoms with Crippen LogP contribution in [0.4, 0.5) is 0 Å². The van der Waals surface area contributed by atoms with Crippen molar-refractivity contribution in [3.8, 4) is 17.2 Å². The summed E-state index contributed by atoms with van der Waals surface area (Å²) in [6, 6.07) is 7.25. The maximum Gasteiger partial charge on any atom is 0.247 e. The van der Waals surface area contributed by atoms with Crippen molar-refractivity contribution in [2.75, 3.05) is 7.11 Å². The zero-order chi connectivity index (χ0) is 18.1. The van der Waals surface area contributed by atoms with Gasteiger partial charge >= 0.3 is 0 Å². The number of hydrogen-bond donors (Lipinski definition) is 0. The fourth-order valence-corrected chi connectivity index (χ4v) is 3.94. The van der Waals surface area contributed by atoms with E-state index in [1.165, 1.54) is 4.90 Å². The molecule has 1 aliphatic heterocycles. The summed E-state index contributed by atoms with van der Waals surface area (Å²) in [6.07, 6.45) is 5.07. The van der Waals surface area contributed by atoms with Gasteiger partial charge in [0.2, 0.25) is 23.6 Å². The summed E-state index contributed by atoms with van der Waals surface area (Å²) >= 11 is 0. The zero-order valence-corrected chi connectivity index (χ0v) is 14.7. The topological polar surface area (TPSA) is 85.5 Å². The van der Waals surface area contributed by atoms with Crippen LogP contribution in [0.3, 0.4) is 0 Å². The fraction of sp³-hybridized carbons (Fsp3) is 0.474. The standard InChI is InChI=1S/C19H21N3O4/c1-25-14-7-5-13(6-8-14)17-21-20-15(26-17)12-22-16(23)11-19(18(22)24)9-3-2-4-10-19/h5-8H,2-4,9-12H2,1H3. The molecule has 7 heteroatoms. The lowest BCUT2D eigenvalue weighted by molar-refractivity contribution is -0.143. The minimum absolute atomic E-state index is 0.0442. The van der Waals surface area contributed by atoms with Gasteiger partial charge in [-0.3, -0.25) is 14.5 Å². The lowest BCUT2D eigenvalue weighted by atomic mass is 9.73. The normalized spacial score (nSPS) is 19.3. The van der Waals surface area contributed by atoms with E-state index in [1.54, 1.807) is 19.2 Å². The first kappa shape index (κ1) is 16.8. The van der Waals surface area contributed by atoms with E-state index in [4.69, 9.17) is 9.15 Å². The highest BCUT2D eigenvalue weighted by Crippen LogP contribution is 2.45. The maximum atomic E-state index is 12.8. The van der Waals surface area contributed by atoms with Gasteiger partial charge in [-0.1, -0.05) is 19.3 Å². The molecule has 2 fully saturated rings. The third kappa shape index (κ3) is 2.87. The van der Waals surface area contributed by atoms with Crippen molar-refractivity contribution in [2.45, 2.75) is 45.1 Å². The number of carbonyl (C=O) groups excluding carboxylic acids is 2. The lowest BCUT2D eigenvalue weighted by Gasteiger charge is -2.30. The molecule has 26 heavy (non-hydrogen) atoms. The van der Waals surface area contributed by atoms with Gasteiger partial charge in [-0.05, 0) is 37.1 Å². The molecule has 0 radical (unpaired) electrons. The molecule has 4 rings (SSSR count). The monoisotopic (exact) mass is 355 g/mol. The molecule has 0 unspecified atom stereocenters. The van der Waals surface area contributed by atoms with Gasteiger partial charge in [-0.2, -0.15) is 0 Å². The molecule has 0 bridgehead atoms. The van der Waals surface area contributed by atoms with E-state index in [9.17, 15) is 9.59 Å². The number of likely N-dealkylation sites (tertiary alicyclic amines) is 1. The molecule has 0 N–H and O–H groups in total. The third-order valence-corrected chi connectivity index (χ3v) is 5.40. The number of hydrogen-bond acceptors (Lipinski definition) is 6.